The van der Waals surface area contributed by atoms with E-state index in [0.29, 0.717) is 11.1 Å². The average molecular weight is 510 g/mol. The molecule has 7 nitrogen and oxygen atoms in total. The van der Waals surface area contributed by atoms with Gasteiger partial charge in [-0.15, -0.1) is 12.6 Å². The van der Waals surface area contributed by atoms with Gasteiger partial charge in [0, 0.05) is 6.42 Å². The lowest BCUT2D eigenvalue weighted by Gasteiger charge is -2.04. The molecule has 200 valence electrons. The van der Waals surface area contributed by atoms with Crippen LogP contribution in [-0.4, -0.2) is 34.3 Å². The molecule has 0 aliphatic rings. The van der Waals surface area contributed by atoms with Crippen LogP contribution in [0.5, 0.6) is 0 Å². The first-order valence-electron chi connectivity index (χ1n) is 13.1. The van der Waals surface area contributed by atoms with Crippen molar-refractivity contribution in [3.05, 3.63) is 30.2 Å². The molecule has 5 N–H and O–H groups in total. The third-order valence-corrected chi connectivity index (χ3v) is 5.58. The molecule has 1 atom stereocenters. The van der Waals surface area contributed by atoms with Crippen LogP contribution in [0.1, 0.15) is 109 Å². The van der Waals surface area contributed by atoms with E-state index in [1.165, 1.54) is 77.0 Å². The summed E-state index contributed by atoms with van der Waals surface area (Å²) in [6.07, 6.45) is 15.9. The number of carboxylic acid groups (broad SMARTS) is 1. The van der Waals surface area contributed by atoms with E-state index in [-0.39, 0.29) is 12.3 Å². The van der Waals surface area contributed by atoms with Gasteiger partial charge in [0.05, 0.1) is 0 Å². The number of oxazole rings is 1. The minimum atomic E-state index is -1.15. The highest BCUT2D eigenvalue weighted by atomic mass is 32.1. The van der Waals surface area contributed by atoms with Crippen molar-refractivity contribution in [1.29, 1.82) is 0 Å². The van der Waals surface area contributed by atoms with Crippen LogP contribution in [0.3, 0.4) is 0 Å². The Balaban J connectivity index is 0.000000549. The number of thiol groups is 1. The number of rotatable bonds is 16. The Morgan fingerprint density at radius 1 is 0.886 bits per heavy atom. The number of hydrogen-bond donors (Lipinski definition) is 4. The Kier molecular flexibility index (Phi) is 21.3. The number of carbonyl (C=O) groups excluding carboxylic acids is 1. The topological polar surface area (TPSA) is 132 Å². The standard InChI is InChI=1S/C11H9NO4S.2C8H19N/c13-9(17)5-6(11(14)15)10-12-7-3-1-2-4-8(7)16-10;2*1-2-3-4-5-6-7-8-9/h1-4,6H,5H2,(H,13,17)(H,14,15);2*2-9H2,1H3. The van der Waals surface area contributed by atoms with Gasteiger partial charge in [0.1, 0.15) is 11.4 Å². The number of nitrogens with two attached hydrogens (primary N) is 2. The molecule has 0 aliphatic carbocycles. The predicted molar refractivity (Wildman–Crippen MR) is 148 cm³/mol. The van der Waals surface area contributed by atoms with E-state index in [9.17, 15) is 9.59 Å². The Bertz CT molecular complexity index is 739. The zero-order chi connectivity index (χ0) is 26.3. The molecule has 35 heavy (non-hydrogen) atoms. The predicted octanol–water partition coefficient (Wildman–Crippen LogP) is 6.45. The molecule has 0 radical (unpaired) electrons. The molecule has 1 aromatic heterocycles. The Hall–Kier alpha value is -1.90. The Labute approximate surface area is 216 Å². The van der Waals surface area contributed by atoms with Crippen LogP contribution in [0.2, 0.25) is 0 Å². The summed E-state index contributed by atoms with van der Waals surface area (Å²) in [4.78, 5) is 26.0. The first-order chi connectivity index (χ1) is 16.9. The first kappa shape index (κ1) is 33.1. The fraction of sp³-hybridized carbons (Fsp3) is 0.667. The van der Waals surface area contributed by atoms with Crippen molar-refractivity contribution in [2.24, 2.45) is 11.5 Å². The van der Waals surface area contributed by atoms with Gasteiger partial charge in [0.2, 0.25) is 5.89 Å². The van der Waals surface area contributed by atoms with Crippen molar-refractivity contribution in [2.45, 2.75) is 103 Å². The van der Waals surface area contributed by atoms with Gasteiger partial charge in [-0.3, -0.25) is 9.59 Å². The van der Waals surface area contributed by atoms with Gasteiger partial charge >= 0.3 is 5.97 Å². The van der Waals surface area contributed by atoms with Crippen molar-refractivity contribution in [3.8, 4) is 0 Å². The minimum absolute atomic E-state index is 0.0288. The summed E-state index contributed by atoms with van der Waals surface area (Å²) >= 11 is 3.57. The molecule has 8 heteroatoms. The first-order valence-corrected chi connectivity index (χ1v) is 13.6. The summed E-state index contributed by atoms with van der Waals surface area (Å²) in [5.74, 6) is -2.22. The van der Waals surface area contributed by atoms with E-state index in [1.807, 2.05) is 0 Å². The molecule has 2 aromatic rings. The van der Waals surface area contributed by atoms with Crippen molar-refractivity contribution in [2.75, 3.05) is 13.1 Å². The van der Waals surface area contributed by atoms with E-state index in [4.69, 9.17) is 21.0 Å². The zero-order valence-electron chi connectivity index (χ0n) is 21.7. The van der Waals surface area contributed by atoms with Gasteiger partial charge in [-0.05, 0) is 38.1 Å². The van der Waals surface area contributed by atoms with Gasteiger partial charge < -0.3 is 21.0 Å². The van der Waals surface area contributed by atoms with Crippen molar-refractivity contribution < 1.29 is 19.1 Å². The van der Waals surface area contributed by atoms with E-state index in [1.54, 1.807) is 24.3 Å². The molecule has 1 heterocycles. The third-order valence-electron chi connectivity index (χ3n) is 5.40. The normalized spacial score (nSPS) is 11.2. The highest BCUT2D eigenvalue weighted by molar-refractivity contribution is 7.96. The van der Waals surface area contributed by atoms with Gasteiger partial charge in [-0.1, -0.05) is 90.2 Å². The van der Waals surface area contributed by atoms with Crippen LogP contribution >= 0.6 is 12.6 Å². The van der Waals surface area contributed by atoms with Gasteiger partial charge in [-0.2, -0.15) is 0 Å². The molecule has 0 saturated carbocycles. The molecule has 1 aromatic carbocycles. The van der Waals surface area contributed by atoms with Crippen LogP contribution < -0.4 is 11.5 Å². The molecule has 0 spiro atoms. The van der Waals surface area contributed by atoms with Crippen LogP contribution in [0, 0.1) is 0 Å². The van der Waals surface area contributed by atoms with E-state index < -0.39 is 17.0 Å². The molecule has 0 bridgehead atoms. The summed E-state index contributed by atoms with van der Waals surface area (Å²) in [5.41, 5.74) is 11.8. The minimum Gasteiger partial charge on any atom is -0.481 e. The number of nitrogens with zero attached hydrogens (tertiary/aromatic N) is 1. The van der Waals surface area contributed by atoms with Crippen LogP contribution in [0.15, 0.2) is 28.7 Å². The van der Waals surface area contributed by atoms with Gasteiger partial charge in [0.25, 0.3) is 0 Å². The van der Waals surface area contributed by atoms with Crippen molar-refractivity contribution >= 4 is 34.8 Å². The van der Waals surface area contributed by atoms with Crippen molar-refractivity contribution in [1.82, 2.24) is 4.98 Å². The lowest BCUT2D eigenvalue weighted by atomic mass is 10.1. The quantitative estimate of drug-likeness (QED) is 0.151. The summed E-state index contributed by atoms with van der Waals surface area (Å²) < 4.78 is 5.31. The largest absolute Gasteiger partial charge is 0.481 e. The summed E-state index contributed by atoms with van der Waals surface area (Å²) in [7, 11) is 0. The zero-order valence-corrected chi connectivity index (χ0v) is 22.6. The molecular weight excluding hydrogens is 462 g/mol. The second kappa shape index (κ2) is 22.6. The average Bonchev–Trinajstić information content (AvgIpc) is 3.27. The molecular formula is C27H47N3O4S. The van der Waals surface area contributed by atoms with E-state index >= 15 is 0 Å². The second-order valence-electron chi connectivity index (χ2n) is 8.62. The summed E-state index contributed by atoms with van der Waals surface area (Å²) in [5, 5.41) is 8.50. The maximum absolute atomic E-state index is 11.0. The number of unbranched alkanes of at least 4 members (excludes halogenated alkanes) is 10. The van der Waals surface area contributed by atoms with E-state index in [2.05, 4.69) is 31.5 Å². The Morgan fingerprint density at radius 2 is 1.37 bits per heavy atom. The number of hydrogen-bond acceptors (Lipinski definition) is 6. The lowest BCUT2D eigenvalue weighted by Crippen LogP contribution is -2.14. The third kappa shape index (κ3) is 17.2. The van der Waals surface area contributed by atoms with Crippen LogP contribution in [-0.2, 0) is 9.59 Å². The maximum atomic E-state index is 11.0. The number of aromatic nitrogens is 1. The van der Waals surface area contributed by atoms with E-state index in [0.717, 1.165) is 13.1 Å². The highest BCUT2D eigenvalue weighted by Gasteiger charge is 2.27. The summed E-state index contributed by atoms with van der Waals surface area (Å²) in [6, 6.07) is 6.93. The number of carboxylic acids is 1. The van der Waals surface area contributed by atoms with Crippen molar-refractivity contribution in [3.63, 3.8) is 0 Å². The summed E-state index contributed by atoms with van der Waals surface area (Å²) in [6.45, 7) is 6.21. The maximum Gasteiger partial charge on any atom is 0.316 e. The number of carbonyl (C=O) groups is 2. The number of fused-ring (bicyclic) bond motifs is 1. The van der Waals surface area contributed by atoms with Gasteiger partial charge in [-0.25, -0.2) is 4.98 Å². The molecule has 0 fully saturated rings. The molecule has 0 aliphatic heterocycles. The van der Waals surface area contributed by atoms with Gasteiger partial charge in [0.15, 0.2) is 10.7 Å². The fourth-order valence-corrected chi connectivity index (χ4v) is 3.53. The highest BCUT2D eigenvalue weighted by Crippen LogP contribution is 2.24. The van der Waals surface area contributed by atoms with Crippen LogP contribution in [0.25, 0.3) is 11.1 Å². The Morgan fingerprint density at radius 3 is 1.80 bits per heavy atom. The molecule has 1 unspecified atom stereocenters. The smallest absolute Gasteiger partial charge is 0.316 e. The molecule has 2 rings (SSSR count). The monoisotopic (exact) mass is 509 g/mol. The second-order valence-corrected chi connectivity index (χ2v) is 9.12. The molecule has 0 saturated heterocycles. The molecule has 0 amide bonds. The fourth-order valence-electron chi connectivity index (χ4n) is 3.34. The number of benzene rings is 1. The number of aliphatic carboxylic acids is 1. The SMILES string of the molecule is CCCCCCCCN.CCCCCCCCN.O=C(S)CC(C(=O)O)c1nc2ccccc2o1. The van der Waals surface area contributed by atoms with Crippen LogP contribution in [0.4, 0.5) is 0 Å². The lowest BCUT2D eigenvalue weighted by molar-refractivity contribution is -0.140. The number of para-hydroxylation sites is 2.